The normalized spacial score (nSPS) is 11.7. The average molecular weight is 642 g/mol. The molecular weight excluding hydrogens is 615 g/mol. The lowest BCUT2D eigenvalue weighted by atomic mass is 9.93. The van der Waals surface area contributed by atoms with Crippen molar-refractivity contribution in [2.75, 3.05) is 0 Å². The lowest BCUT2D eigenvalue weighted by molar-refractivity contribution is 1.08. The number of aromatic nitrogens is 3. The van der Waals surface area contributed by atoms with Gasteiger partial charge >= 0.3 is 0 Å². The van der Waals surface area contributed by atoms with Crippen molar-refractivity contribution in [3.63, 3.8) is 0 Å². The van der Waals surface area contributed by atoms with E-state index in [0.717, 1.165) is 27.6 Å². The SMILES string of the molecule is c1ccc(-c2ccc(-c3nc(-c4ccccc4)nc(-c4cc5sc6ccc7ccccc7c6c5c5c4ccc4ccccc45)n3)cc2)cc1. The van der Waals surface area contributed by atoms with Gasteiger partial charge in [0.25, 0.3) is 0 Å². The van der Waals surface area contributed by atoms with Gasteiger partial charge in [-0.3, -0.25) is 0 Å². The van der Waals surface area contributed by atoms with E-state index in [1.807, 2.05) is 35.6 Å². The summed E-state index contributed by atoms with van der Waals surface area (Å²) in [4.78, 5) is 15.5. The molecule has 2 aromatic heterocycles. The van der Waals surface area contributed by atoms with E-state index < -0.39 is 0 Å². The van der Waals surface area contributed by atoms with E-state index >= 15 is 0 Å². The number of benzene rings is 8. The zero-order valence-corrected chi connectivity index (χ0v) is 27.2. The van der Waals surface area contributed by atoms with Crippen molar-refractivity contribution in [3.8, 4) is 45.3 Å². The van der Waals surface area contributed by atoms with Crippen LogP contribution in [-0.2, 0) is 0 Å². The molecule has 2 heterocycles. The van der Waals surface area contributed by atoms with E-state index in [9.17, 15) is 0 Å². The first-order valence-corrected chi connectivity index (χ1v) is 17.3. The third-order valence-corrected chi connectivity index (χ3v) is 10.6. The Hall–Kier alpha value is -6.23. The maximum atomic E-state index is 5.23. The number of rotatable bonds is 4. The number of thiophene rings is 1. The maximum Gasteiger partial charge on any atom is 0.164 e. The molecule has 8 aromatic carbocycles. The molecule has 10 rings (SSSR count). The molecule has 0 N–H and O–H groups in total. The van der Waals surface area contributed by atoms with Crippen LogP contribution in [0.15, 0.2) is 164 Å². The Morgan fingerprint density at radius 2 is 0.837 bits per heavy atom. The van der Waals surface area contributed by atoms with Crippen molar-refractivity contribution >= 4 is 63.8 Å². The first-order valence-electron chi connectivity index (χ1n) is 16.4. The molecule has 3 nitrogen and oxygen atoms in total. The molecule has 49 heavy (non-hydrogen) atoms. The molecule has 0 saturated carbocycles. The lowest BCUT2D eigenvalue weighted by Gasteiger charge is -2.13. The van der Waals surface area contributed by atoms with E-state index in [1.165, 1.54) is 52.7 Å². The van der Waals surface area contributed by atoms with Crippen molar-refractivity contribution < 1.29 is 0 Å². The highest BCUT2D eigenvalue weighted by Crippen LogP contribution is 2.47. The van der Waals surface area contributed by atoms with Gasteiger partial charge in [-0.2, -0.15) is 0 Å². The quantitative estimate of drug-likeness (QED) is 0.180. The fraction of sp³-hybridized carbons (Fsp3) is 0. The summed E-state index contributed by atoms with van der Waals surface area (Å²) < 4.78 is 2.50. The van der Waals surface area contributed by atoms with E-state index in [1.54, 1.807) is 0 Å². The fourth-order valence-electron chi connectivity index (χ4n) is 7.18. The zero-order valence-electron chi connectivity index (χ0n) is 26.3. The van der Waals surface area contributed by atoms with Crippen LogP contribution in [0.25, 0.3) is 97.8 Å². The minimum absolute atomic E-state index is 0.653. The monoisotopic (exact) mass is 641 g/mol. The summed E-state index contributed by atoms with van der Waals surface area (Å²) >= 11 is 1.84. The van der Waals surface area contributed by atoms with Gasteiger partial charge in [0.15, 0.2) is 17.5 Å². The molecule has 0 fully saturated rings. The third kappa shape index (κ3) is 4.61. The number of nitrogens with zero attached hydrogens (tertiary/aromatic N) is 3. The standard InChI is InChI=1S/C45H27N3S/c1-3-11-28(12-4-1)29-19-21-33(22-20-29)44-46-43(32-15-5-2-6-16-32)47-45(48-44)37-27-39-42(40-34-17-9-7-13-30(34)23-25-36(37)40)41-35-18-10-8-14-31(35)24-26-38(41)49-39/h1-27H. The van der Waals surface area contributed by atoms with Gasteiger partial charge in [-0.15, -0.1) is 11.3 Å². The molecule has 0 bridgehead atoms. The molecule has 0 saturated heterocycles. The molecule has 228 valence electrons. The first kappa shape index (κ1) is 27.8. The molecular formula is C45H27N3S. The summed E-state index contributed by atoms with van der Waals surface area (Å²) in [5.74, 6) is 1.98. The lowest BCUT2D eigenvalue weighted by Crippen LogP contribution is -2.00. The van der Waals surface area contributed by atoms with Crippen molar-refractivity contribution in [2.24, 2.45) is 0 Å². The van der Waals surface area contributed by atoms with E-state index in [4.69, 9.17) is 15.0 Å². The average Bonchev–Trinajstić information content (AvgIpc) is 3.57. The van der Waals surface area contributed by atoms with E-state index in [2.05, 4.69) is 140 Å². The van der Waals surface area contributed by atoms with Crippen LogP contribution in [0.4, 0.5) is 0 Å². The van der Waals surface area contributed by atoms with Crippen LogP contribution in [0.1, 0.15) is 0 Å². The van der Waals surface area contributed by atoms with Gasteiger partial charge in [0.05, 0.1) is 0 Å². The highest BCUT2D eigenvalue weighted by atomic mass is 32.1. The predicted molar refractivity (Wildman–Crippen MR) is 207 cm³/mol. The van der Waals surface area contributed by atoms with Crippen LogP contribution in [0, 0.1) is 0 Å². The highest BCUT2D eigenvalue weighted by molar-refractivity contribution is 7.26. The summed E-state index contributed by atoms with van der Waals surface area (Å²) in [5, 5.41) is 9.95. The van der Waals surface area contributed by atoms with Gasteiger partial charge in [0, 0.05) is 36.9 Å². The second-order valence-corrected chi connectivity index (χ2v) is 13.5. The Morgan fingerprint density at radius 1 is 0.327 bits per heavy atom. The number of hydrogen-bond acceptors (Lipinski definition) is 4. The number of fused-ring (bicyclic) bond motifs is 9. The predicted octanol–water partition coefficient (Wildman–Crippen LogP) is 12.4. The Labute approximate surface area is 286 Å². The molecule has 0 aliphatic rings. The Morgan fingerprint density at radius 3 is 1.53 bits per heavy atom. The summed E-state index contributed by atoms with van der Waals surface area (Å²) in [6.45, 7) is 0. The maximum absolute atomic E-state index is 5.23. The molecule has 0 spiro atoms. The molecule has 0 unspecified atom stereocenters. The molecule has 4 heteroatoms. The van der Waals surface area contributed by atoms with Crippen molar-refractivity contribution in [1.29, 1.82) is 0 Å². The van der Waals surface area contributed by atoms with Gasteiger partial charge in [-0.1, -0.05) is 152 Å². The first-order chi connectivity index (χ1) is 24.3. The summed E-state index contributed by atoms with van der Waals surface area (Å²) in [7, 11) is 0. The molecule has 0 aliphatic heterocycles. The van der Waals surface area contributed by atoms with Crippen LogP contribution in [0.3, 0.4) is 0 Å². The summed E-state index contributed by atoms with van der Waals surface area (Å²) in [6, 6.07) is 57.9. The minimum atomic E-state index is 0.653. The second-order valence-electron chi connectivity index (χ2n) is 12.4. The Bertz CT molecular complexity index is 2860. The van der Waals surface area contributed by atoms with Crippen molar-refractivity contribution in [3.05, 3.63) is 164 Å². The van der Waals surface area contributed by atoms with Crippen LogP contribution in [-0.4, -0.2) is 15.0 Å². The second kappa shape index (κ2) is 11.2. The Kier molecular flexibility index (Phi) is 6.36. The number of hydrogen-bond donors (Lipinski definition) is 0. The summed E-state index contributed by atoms with van der Waals surface area (Å²) in [5.41, 5.74) is 5.24. The highest BCUT2D eigenvalue weighted by Gasteiger charge is 2.20. The molecule has 10 aromatic rings. The van der Waals surface area contributed by atoms with Gasteiger partial charge < -0.3 is 0 Å². The van der Waals surface area contributed by atoms with Crippen LogP contribution in [0.2, 0.25) is 0 Å². The van der Waals surface area contributed by atoms with Crippen LogP contribution in [0.5, 0.6) is 0 Å². The molecule has 0 aliphatic carbocycles. The van der Waals surface area contributed by atoms with Gasteiger partial charge in [-0.05, 0) is 55.6 Å². The van der Waals surface area contributed by atoms with E-state index in [-0.39, 0.29) is 0 Å². The smallest absolute Gasteiger partial charge is 0.164 e. The summed E-state index contributed by atoms with van der Waals surface area (Å²) in [6.07, 6.45) is 0. The Balaban J connectivity index is 1.27. The third-order valence-electron chi connectivity index (χ3n) is 9.51. The largest absolute Gasteiger partial charge is 0.208 e. The van der Waals surface area contributed by atoms with E-state index in [0.29, 0.717) is 17.5 Å². The zero-order chi connectivity index (χ0) is 32.3. The van der Waals surface area contributed by atoms with Crippen LogP contribution >= 0.6 is 11.3 Å². The van der Waals surface area contributed by atoms with Crippen LogP contribution < -0.4 is 0 Å². The van der Waals surface area contributed by atoms with Gasteiger partial charge in [0.2, 0.25) is 0 Å². The van der Waals surface area contributed by atoms with Gasteiger partial charge in [-0.25, -0.2) is 15.0 Å². The van der Waals surface area contributed by atoms with Crippen molar-refractivity contribution in [2.45, 2.75) is 0 Å². The molecule has 0 amide bonds. The minimum Gasteiger partial charge on any atom is -0.208 e. The topological polar surface area (TPSA) is 38.7 Å². The van der Waals surface area contributed by atoms with Gasteiger partial charge in [0.1, 0.15) is 0 Å². The van der Waals surface area contributed by atoms with Crippen molar-refractivity contribution in [1.82, 2.24) is 15.0 Å². The molecule has 0 radical (unpaired) electrons. The molecule has 0 atom stereocenters. The fourth-order valence-corrected chi connectivity index (χ4v) is 8.35.